The topological polar surface area (TPSA) is 58.1 Å². The average molecular weight is 465 g/mol. The first-order valence-electron chi connectivity index (χ1n) is 12.5. The molecule has 0 unspecified atom stereocenters. The van der Waals surface area contributed by atoms with Crippen LogP contribution in [0, 0.1) is 12.8 Å². The molecular weight excluding hydrogens is 432 g/mol. The second-order valence-electron chi connectivity index (χ2n) is 9.55. The minimum absolute atomic E-state index is 0.133. The molecule has 2 aromatic heterocycles. The van der Waals surface area contributed by atoms with Gasteiger partial charge in [0, 0.05) is 61.1 Å². The third-order valence-electron chi connectivity index (χ3n) is 7.13. The van der Waals surface area contributed by atoms with Crippen molar-refractivity contribution in [3.8, 4) is 0 Å². The summed E-state index contributed by atoms with van der Waals surface area (Å²) in [6.45, 7) is 4.41. The van der Waals surface area contributed by atoms with Gasteiger partial charge in [0.15, 0.2) is 0 Å². The van der Waals surface area contributed by atoms with Crippen LogP contribution < -0.4 is 5.32 Å². The number of amides is 1. The van der Waals surface area contributed by atoms with Gasteiger partial charge in [-0.05, 0) is 90.9 Å². The van der Waals surface area contributed by atoms with Crippen molar-refractivity contribution in [1.82, 2.24) is 14.9 Å². The lowest BCUT2D eigenvalue weighted by molar-refractivity contribution is 0.0760. The van der Waals surface area contributed by atoms with Crippen molar-refractivity contribution in [2.24, 2.45) is 5.92 Å². The Morgan fingerprint density at radius 3 is 2.74 bits per heavy atom. The highest BCUT2D eigenvalue weighted by atomic mass is 16.2. The zero-order valence-corrected chi connectivity index (χ0v) is 20.3. The van der Waals surface area contributed by atoms with Crippen molar-refractivity contribution in [3.05, 3.63) is 102 Å². The predicted octanol–water partition coefficient (Wildman–Crippen LogP) is 6.04. The minimum Gasteiger partial charge on any atom is -0.381 e. The SMILES string of the molecule is Cc1ccc(C(=O)N2CCC[C@H](Cc3cccc4cnccc34)CC2)cc1NCc1ccncc1. The highest BCUT2D eigenvalue weighted by molar-refractivity contribution is 5.95. The van der Waals surface area contributed by atoms with E-state index in [2.05, 4.69) is 46.5 Å². The fourth-order valence-electron chi connectivity index (χ4n) is 5.08. The Kier molecular flexibility index (Phi) is 7.03. The van der Waals surface area contributed by atoms with Crippen LogP contribution in [0.5, 0.6) is 0 Å². The summed E-state index contributed by atoms with van der Waals surface area (Å²) >= 11 is 0. The van der Waals surface area contributed by atoms with Crippen LogP contribution in [0.1, 0.15) is 46.3 Å². The molecule has 0 radical (unpaired) electrons. The number of aromatic nitrogens is 2. The zero-order chi connectivity index (χ0) is 24.0. The van der Waals surface area contributed by atoms with Crippen LogP contribution in [0.2, 0.25) is 0 Å². The van der Waals surface area contributed by atoms with Crippen molar-refractivity contribution >= 4 is 22.4 Å². The number of anilines is 1. The highest BCUT2D eigenvalue weighted by Gasteiger charge is 2.22. The van der Waals surface area contributed by atoms with Crippen LogP contribution in [-0.4, -0.2) is 33.9 Å². The predicted molar refractivity (Wildman–Crippen MR) is 141 cm³/mol. The number of rotatable bonds is 6. The maximum atomic E-state index is 13.4. The number of nitrogens with zero attached hydrogens (tertiary/aromatic N) is 3. The van der Waals surface area contributed by atoms with Crippen LogP contribution in [0.4, 0.5) is 5.69 Å². The van der Waals surface area contributed by atoms with Gasteiger partial charge >= 0.3 is 0 Å². The quantitative estimate of drug-likeness (QED) is 0.378. The van der Waals surface area contributed by atoms with Gasteiger partial charge in [-0.25, -0.2) is 0 Å². The molecule has 0 aliphatic carbocycles. The first-order valence-corrected chi connectivity index (χ1v) is 12.5. The number of pyridine rings is 2. The van der Waals surface area contributed by atoms with E-state index in [1.54, 1.807) is 12.4 Å². The van der Waals surface area contributed by atoms with Crippen molar-refractivity contribution in [3.63, 3.8) is 0 Å². The molecule has 1 atom stereocenters. The van der Waals surface area contributed by atoms with E-state index in [9.17, 15) is 4.79 Å². The summed E-state index contributed by atoms with van der Waals surface area (Å²) in [4.78, 5) is 23.8. The Balaban J connectivity index is 1.23. The molecule has 1 aliphatic rings. The Morgan fingerprint density at radius 2 is 1.86 bits per heavy atom. The molecule has 0 saturated carbocycles. The Bertz CT molecular complexity index is 1300. The van der Waals surface area contributed by atoms with Gasteiger partial charge in [0.25, 0.3) is 5.91 Å². The van der Waals surface area contributed by atoms with Gasteiger partial charge in [-0.1, -0.05) is 24.3 Å². The molecule has 35 heavy (non-hydrogen) atoms. The van der Waals surface area contributed by atoms with Crippen molar-refractivity contribution in [2.75, 3.05) is 18.4 Å². The third kappa shape index (κ3) is 5.51. The van der Waals surface area contributed by atoms with E-state index >= 15 is 0 Å². The Morgan fingerprint density at radius 1 is 1.00 bits per heavy atom. The molecule has 0 spiro atoms. The number of aryl methyl sites for hydroxylation is 1. The number of carbonyl (C=O) groups excluding carboxylic acids is 1. The first kappa shape index (κ1) is 23.0. The smallest absolute Gasteiger partial charge is 0.253 e. The minimum atomic E-state index is 0.133. The third-order valence-corrected chi connectivity index (χ3v) is 7.13. The zero-order valence-electron chi connectivity index (χ0n) is 20.3. The number of fused-ring (bicyclic) bond motifs is 1. The molecule has 1 aliphatic heterocycles. The molecule has 3 heterocycles. The van der Waals surface area contributed by atoms with E-state index in [0.717, 1.165) is 61.2 Å². The van der Waals surface area contributed by atoms with Crippen molar-refractivity contribution in [1.29, 1.82) is 0 Å². The fraction of sp³-hybridized carbons (Fsp3) is 0.300. The van der Waals surface area contributed by atoms with E-state index in [0.29, 0.717) is 12.5 Å². The summed E-state index contributed by atoms with van der Waals surface area (Å²) in [6, 6.07) is 18.6. The largest absolute Gasteiger partial charge is 0.381 e. The number of carbonyl (C=O) groups is 1. The number of likely N-dealkylation sites (tertiary alicyclic amines) is 1. The van der Waals surface area contributed by atoms with Gasteiger partial charge in [-0.3, -0.25) is 14.8 Å². The van der Waals surface area contributed by atoms with Crippen molar-refractivity contribution in [2.45, 2.75) is 39.2 Å². The number of benzene rings is 2. The van der Waals surface area contributed by atoms with Crippen molar-refractivity contribution < 1.29 is 4.79 Å². The molecule has 178 valence electrons. The number of nitrogens with one attached hydrogen (secondary N) is 1. The summed E-state index contributed by atoms with van der Waals surface area (Å²) in [5.41, 5.74) is 5.45. The van der Waals surface area contributed by atoms with E-state index < -0.39 is 0 Å². The molecular formula is C30H32N4O. The summed E-state index contributed by atoms with van der Waals surface area (Å²) in [5.74, 6) is 0.719. The molecule has 1 amide bonds. The van der Waals surface area contributed by atoms with E-state index in [1.165, 1.54) is 16.3 Å². The second kappa shape index (κ2) is 10.7. The van der Waals surface area contributed by atoms with Crippen LogP contribution in [0.15, 0.2) is 79.4 Å². The molecule has 5 heteroatoms. The van der Waals surface area contributed by atoms with Gasteiger partial charge < -0.3 is 10.2 Å². The van der Waals surface area contributed by atoms with Gasteiger partial charge in [0.05, 0.1) is 0 Å². The molecule has 1 N–H and O–H groups in total. The maximum Gasteiger partial charge on any atom is 0.253 e. The second-order valence-corrected chi connectivity index (χ2v) is 9.55. The molecule has 5 nitrogen and oxygen atoms in total. The lowest BCUT2D eigenvalue weighted by Crippen LogP contribution is -2.32. The molecule has 5 rings (SSSR count). The number of hydrogen-bond donors (Lipinski definition) is 1. The summed E-state index contributed by atoms with van der Waals surface area (Å²) in [7, 11) is 0. The van der Waals surface area contributed by atoms with Gasteiger partial charge in [-0.15, -0.1) is 0 Å². The molecule has 2 aromatic carbocycles. The summed E-state index contributed by atoms with van der Waals surface area (Å²) < 4.78 is 0. The van der Waals surface area contributed by atoms with E-state index in [-0.39, 0.29) is 5.91 Å². The summed E-state index contributed by atoms with van der Waals surface area (Å²) in [5, 5.41) is 5.98. The summed E-state index contributed by atoms with van der Waals surface area (Å²) in [6.07, 6.45) is 11.7. The van der Waals surface area contributed by atoms with Crippen LogP contribution >= 0.6 is 0 Å². The highest BCUT2D eigenvalue weighted by Crippen LogP contribution is 2.27. The van der Waals surface area contributed by atoms with Gasteiger partial charge in [-0.2, -0.15) is 0 Å². The first-order chi connectivity index (χ1) is 17.2. The van der Waals surface area contributed by atoms with Crippen LogP contribution in [0.3, 0.4) is 0 Å². The normalized spacial score (nSPS) is 16.1. The lowest BCUT2D eigenvalue weighted by Gasteiger charge is -2.22. The fourth-order valence-corrected chi connectivity index (χ4v) is 5.08. The molecule has 1 fully saturated rings. The van der Waals surface area contributed by atoms with Crippen LogP contribution in [-0.2, 0) is 13.0 Å². The monoisotopic (exact) mass is 464 g/mol. The average Bonchev–Trinajstić information content (AvgIpc) is 3.14. The molecule has 4 aromatic rings. The number of hydrogen-bond acceptors (Lipinski definition) is 4. The standard InChI is InChI=1S/C30H32N4O/c1-22-7-8-26(19-29(22)33-20-24-9-13-31-14-10-24)30(35)34-16-3-4-23(12-17-34)18-25-5-2-6-27-21-32-15-11-28(25)27/h2,5-11,13-15,19,21,23,33H,3-4,12,16-18,20H2,1H3/t23-/m0/s1. The molecule has 1 saturated heterocycles. The Labute approximate surface area is 207 Å². The lowest BCUT2D eigenvalue weighted by atomic mass is 9.90. The Hall–Kier alpha value is -3.73. The van der Waals surface area contributed by atoms with E-state index in [1.807, 2.05) is 47.6 Å². The van der Waals surface area contributed by atoms with Crippen LogP contribution in [0.25, 0.3) is 10.8 Å². The van der Waals surface area contributed by atoms with Gasteiger partial charge in [0.1, 0.15) is 0 Å². The molecule has 0 bridgehead atoms. The van der Waals surface area contributed by atoms with Gasteiger partial charge in [0.2, 0.25) is 0 Å². The van der Waals surface area contributed by atoms with E-state index in [4.69, 9.17) is 0 Å². The maximum absolute atomic E-state index is 13.4.